The summed E-state index contributed by atoms with van der Waals surface area (Å²) in [6, 6.07) is 11.1. The van der Waals surface area contributed by atoms with E-state index < -0.39 is 0 Å². The van der Waals surface area contributed by atoms with Crippen LogP contribution in [0.2, 0.25) is 0 Å². The molecule has 1 fully saturated rings. The number of hydrogen-bond acceptors (Lipinski definition) is 7. The number of unbranched alkanes of at least 4 members (excludes halogenated alkanes) is 1. The zero-order chi connectivity index (χ0) is 23.0. The van der Waals surface area contributed by atoms with Gasteiger partial charge in [-0.25, -0.2) is 4.79 Å². The van der Waals surface area contributed by atoms with Gasteiger partial charge in [0, 0.05) is 26.1 Å². The third-order valence-electron chi connectivity index (χ3n) is 5.87. The van der Waals surface area contributed by atoms with Gasteiger partial charge in [-0.2, -0.15) is 0 Å². The summed E-state index contributed by atoms with van der Waals surface area (Å²) >= 11 is 1.62. The van der Waals surface area contributed by atoms with Crippen molar-refractivity contribution in [2.45, 2.75) is 39.0 Å². The molecular formula is C25H30N4O3S. The fraction of sp³-hybridized carbons (Fsp3) is 0.400. The van der Waals surface area contributed by atoms with Crippen molar-refractivity contribution in [1.29, 1.82) is 0 Å². The van der Waals surface area contributed by atoms with Crippen LogP contribution in [0.1, 0.15) is 49.4 Å². The number of piperidine rings is 1. The molecule has 0 spiro atoms. The van der Waals surface area contributed by atoms with Crippen molar-refractivity contribution in [3.63, 3.8) is 0 Å². The van der Waals surface area contributed by atoms with Gasteiger partial charge in [-0.15, -0.1) is 16.4 Å². The first-order chi connectivity index (χ1) is 16.1. The molecule has 0 radical (unpaired) electrons. The van der Waals surface area contributed by atoms with Crippen LogP contribution in [0.5, 0.6) is 0 Å². The first kappa shape index (κ1) is 23.2. The minimum atomic E-state index is -0.312. The largest absolute Gasteiger partial charge is 0.382 e. The van der Waals surface area contributed by atoms with Gasteiger partial charge in [0.1, 0.15) is 0 Å². The SMILES string of the molecule is CCCCC(=O)Nc1cnc2ccsc2c1NCC1CCN(OC(=O)c2ccccc2)CC1. The predicted octanol–water partition coefficient (Wildman–Crippen LogP) is 5.32. The van der Waals surface area contributed by atoms with Gasteiger partial charge in [0.2, 0.25) is 5.91 Å². The lowest BCUT2D eigenvalue weighted by Gasteiger charge is -2.30. The van der Waals surface area contributed by atoms with Crippen LogP contribution in [-0.4, -0.2) is 41.6 Å². The first-order valence-electron chi connectivity index (χ1n) is 11.6. The highest BCUT2D eigenvalue weighted by molar-refractivity contribution is 7.17. The molecule has 3 aromatic rings. The second kappa shape index (κ2) is 11.2. The molecule has 0 unspecified atom stereocenters. The molecule has 1 amide bonds. The van der Waals surface area contributed by atoms with Crippen LogP contribution in [0.25, 0.3) is 10.2 Å². The van der Waals surface area contributed by atoms with E-state index in [1.165, 1.54) is 0 Å². The number of nitrogens with zero attached hydrogens (tertiary/aromatic N) is 2. The van der Waals surface area contributed by atoms with Gasteiger partial charge in [0.05, 0.1) is 33.4 Å². The van der Waals surface area contributed by atoms with Crippen molar-refractivity contribution in [2.24, 2.45) is 5.92 Å². The van der Waals surface area contributed by atoms with Crippen LogP contribution < -0.4 is 10.6 Å². The van der Waals surface area contributed by atoms with E-state index in [2.05, 4.69) is 22.5 Å². The van der Waals surface area contributed by atoms with Crippen molar-refractivity contribution >= 4 is 44.8 Å². The van der Waals surface area contributed by atoms with E-state index in [1.807, 2.05) is 29.6 Å². The molecule has 8 heteroatoms. The molecule has 2 N–H and O–H groups in total. The number of amides is 1. The summed E-state index contributed by atoms with van der Waals surface area (Å²) in [5.74, 6) is 0.155. The number of carbonyl (C=O) groups is 2. The number of benzene rings is 1. The molecule has 1 aliphatic heterocycles. The van der Waals surface area contributed by atoms with Gasteiger partial charge in [0.25, 0.3) is 0 Å². The van der Waals surface area contributed by atoms with Crippen LogP contribution in [0, 0.1) is 5.92 Å². The molecule has 2 aromatic heterocycles. The van der Waals surface area contributed by atoms with E-state index in [1.54, 1.807) is 34.7 Å². The Morgan fingerprint density at radius 3 is 2.73 bits per heavy atom. The maximum Gasteiger partial charge on any atom is 0.357 e. The molecule has 1 aromatic carbocycles. The second-order valence-electron chi connectivity index (χ2n) is 8.33. The van der Waals surface area contributed by atoms with E-state index >= 15 is 0 Å². The van der Waals surface area contributed by atoms with Crippen molar-refractivity contribution < 1.29 is 14.4 Å². The number of rotatable bonds is 9. The first-order valence-corrected chi connectivity index (χ1v) is 12.4. The Labute approximate surface area is 198 Å². The Kier molecular flexibility index (Phi) is 7.91. The average molecular weight is 467 g/mol. The highest BCUT2D eigenvalue weighted by Gasteiger charge is 2.23. The summed E-state index contributed by atoms with van der Waals surface area (Å²) < 4.78 is 1.05. The Balaban J connectivity index is 1.33. The van der Waals surface area contributed by atoms with Crippen LogP contribution >= 0.6 is 11.3 Å². The highest BCUT2D eigenvalue weighted by atomic mass is 32.1. The summed E-state index contributed by atoms with van der Waals surface area (Å²) in [4.78, 5) is 34.6. The number of thiophene rings is 1. The summed E-state index contributed by atoms with van der Waals surface area (Å²) in [6.45, 7) is 4.27. The number of hydrogen-bond donors (Lipinski definition) is 2. The number of carbonyl (C=O) groups excluding carboxylic acids is 2. The Morgan fingerprint density at radius 2 is 1.97 bits per heavy atom. The molecule has 0 saturated carbocycles. The number of anilines is 2. The Bertz CT molecular complexity index is 1080. The van der Waals surface area contributed by atoms with E-state index in [0.717, 1.165) is 53.8 Å². The minimum absolute atomic E-state index is 0.0196. The molecule has 1 aliphatic rings. The molecule has 1 saturated heterocycles. The minimum Gasteiger partial charge on any atom is -0.382 e. The van der Waals surface area contributed by atoms with Crippen molar-refractivity contribution in [2.75, 3.05) is 30.3 Å². The van der Waals surface area contributed by atoms with Crippen molar-refractivity contribution in [3.8, 4) is 0 Å². The number of hydroxylamine groups is 2. The molecular weight excluding hydrogens is 436 g/mol. The van der Waals surface area contributed by atoms with Crippen LogP contribution in [0.3, 0.4) is 0 Å². The molecule has 3 heterocycles. The smallest absolute Gasteiger partial charge is 0.357 e. The van der Waals surface area contributed by atoms with E-state index in [9.17, 15) is 9.59 Å². The van der Waals surface area contributed by atoms with Crippen molar-refractivity contribution in [3.05, 3.63) is 53.5 Å². The maximum atomic E-state index is 12.3. The fourth-order valence-corrected chi connectivity index (χ4v) is 4.80. The lowest BCUT2D eigenvalue weighted by molar-refractivity contribution is -0.125. The monoisotopic (exact) mass is 466 g/mol. The topological polar surface area (TPSA) is 83.6 Å². The summed E-state index contributed by atoms with van der Waals surface area (Å²) in [7, 11) is 0. The van der Waals surface area contributed by atoms with Gasteiger partial charge < -0.3 is 15.5 Å². The van der Waals surface area contributed by atoms with E-state index in [-0.39, 0.29) is 11.9 Å². The predicted molar refractivity (Wildman–Crippen MR) is 132 cm³/mol. The average Bonchev–Trinajstić information content (AvgIpc) is 3.32. The van der Waals surface area contributed by atoms with Crippen LogP contribution in [-0.2, 0) is 9.63 Å². The lowest BCUT2D eigenvalue weighted by atomic mass is 9.98. The van der Waals surface area contributed by atoms with Crippen molar-refractivity contribution in [1.82, 2.24) is 10.0 Å². The quantitative estimate of drug-likeness (QED) is 0.444. The molecule has 4 rings (SSSR count). The Hall–Kier alpha value is -2.97. The normalized spacial score (nSPS) is 14.8. The van der Waals surface area contributed by atoms with Gasteiger partial charge in [-0.1, -0.05) is 31.5 Å². The number of nitrogens with one attached hydrogen (secondary N) is 2. The summed E-state index contributed by atoms with van der Waals surface area (Å²) in [6.07, 6.45) is 5.96. The van der Waals surface area contributed by atoms with Crippen LogP contribution in [0.15, 0.2) is 48.0 Å². The Morgan fingerprint density at radius 1 is 1.18 bits per heavy atom. The molecule has 0 atom stereocenters. The van der Waals surface area contributed by atoms with Crippen LogP contribution in [0.4, 0.5) is 11.4 Å². The lowest BCUT2D eigenvalue weighted by Crippen LogP contribution is -2.37. The maximum absolute atomic E-state index is 12.3. The molecule has 0 aliphatic carbocycles. The molecule has 7 nitrogen and oxygen atoms in total. The summed E-state index contributed by atoms with van der Waals surface area (Å²) in [5.41, 5.74) is 3.17. The second-order valence-corrected chi connectivity index (χ2v) is 9.25. The zero-order valence-corrected chi connectivity index (χ0v) is 19.7. The van der Waals surface area contributed by atoms with Gasteiger partial charge >= 0.3 is 5.97 Å². The van der Waals surface area contributed by atoms with E-state index in [0.29, 0.717) is 31.0 Å². The zero-order valence-electron chi connectivity index (χ0n) is 18.9. The summed E-state index contributed by atoms with van der Waals surface area (Å²) in [5, 5.41) is 10.4. The highest BCUT2D eigenvalue weighted by Crippen LogP contribution is 2.34. The van der Waals surface area contributed by atoms with E-state index in [4.69, 9.17) is 4.84 Å². The third-order valence-corrected chi connectivity index (χ3v) is 6.79. The van der Waals surface area contributed by atoms with Gasteiger partial charge in [-0.05, 0) is 48.8 Å². The van der Waals surface area contributed by atoms with Gasteiger partial charge in [0.15, 0.2) is 0 Å². The van der Waals surface area contributed by atoms with Gasteiger partial charge in [-0.3, -0.25) is 9.78 Å². The number of pyridine rings is 1. The fourth-order valence-electron chi connectivity index (χ4n) is 3.93. The third kappa shape index (κ3) is 6.09. The molecule has 174 valence electrons. The molecule has 0 bridgehead atoms. The molecule has 33 heavy (non-hydrogen) atoms. The number of aromatic nitrogens is 1. The number of fused-ring (bicyclic) bond motifs is 1. The standard InChI is InChI=1S/C25H30N4O3S/c1-2-3-9-22(30)28-21-17-26-20-12-15-33-24(20)23(21)27-16-18-10-13-29(14-11-18)32-25(31)19-7-5-4-6-8-19/h4-8,12,15,17-18H,2-3,9-11,13-14,16H2,1H3,(H,26,27)(H,28,30).